The van der Waals surface area contributed by atoms with Crippen LogP contribution in [0.3, 0.4) is 0 Å². The average Bonchev–Trinajstić information content (AvgIpc) is 2.58. The molecule has 7 nitrogen and oxygen atoms in total. The van der Waals surface area contributed by atoms with Crippen LogP contribution in [0, 0.1) is 0 Å². The van der Waals surface area contributed by atoms with Gasteiger partial charge in [0.25, 0.3) is 0 Å². The summed E-state index contributed by atoms with van der Waals surface area (Å²) in [4.78, 5) is 22.4. The van der Waals surface area contributed by atoms with Crippen molar-refractivity contribution in [3.05, 3.63) is 59.7 Å². The summed E-state index contributed by atoms with van der Waals surface area (Å²) in [5.41, 5.74) is -0.284. The number of benzene rings is 3. The third kappa shape index (κ3) is 2.90. The van der Waals surface area contributed by atoms with Gasteiger partial charge in [0.05, 0.1) is 16.8 Å². The number of carboxylic acids is 2. The van der Waals surface area contributed by atoms with Crippen LogP contribution in [0.1, 0.15) is 20.7 Å². The third-order valence-electron chi connectivity index (χ3n) is 3.75. The van der Waals surface area contributed by atoms with Crippen molar-refractivity contribution in [3.8, 4) is 11.5 Å². The lowest BCUT2D eigenvalue weighted by Gasteiger charge is -2.14. The highest BCUT2D eigenvalue weighted by molar-refractivity contribution is 6.04. The minimum absolute atomic E-state index is 0.190. The number of rotatable bonds is 4. The predicted octanol–water partition coefficient (Wildman–Crippen LogP) is 3.39. The number of fused-ring (bicyclic) bond motifs is 1. The van der Waals surface area contributed by atoms with Crippen LogP contribution in [0.2, 0.25) is 0 Å². The van der Waals surface area contributed by atoms with Gasteiger partial charge in [-0.2, -0.15) is 0 Å². The normalized spacial score (nSPS) is 10.6. The van der Waals surface area contributed by atoms with Gasteiger partial charge in [0.15, 0.2) is 11.5 Å². The van der Waals surface area contributed by atoms with Gasteiger partial charge >= 0.3 is 11.9 Å². The molecule has 0 amide bonds. The van der Waals surface area contributed by atoms with Crippen molar-refractivity contribution in [2.24, 2.45) is 0 Å². The molecule has 3 rings (SSSR count). The number of aromatic hydroxyl groups is 2. The Labute approximate surface area is 141 Å². The maximum Gasteiger partial charge on any atom is 0.336 e. The molecule has 5 N–H and O–H groups in total. The molecular formula is C18H13NO6. The smallest absolute Gasteiger partial charge is 0.336 e. The van der Waals surface area contributed by atoms with Crippen LogP contribution in [-0.4, -0.2) is 32.4 Å². The van der Waals surface area contributed by atoms with E-state index in [9.17, 15) is 24.9 Å². The van der Waals surface area contributed by atoms with Crippen LogP contribution in [0.5, 0.6) is 11.5 Å². The lowest BCUT2D eigenvalue weighted by Crippen LogP contribution is -2.08. The molecule has 0 aromatic heterocycles. The van der Waals surface area contributed by atoms with E-state index in [1.165, 1.54) is 12.1 Å². The molecule has 126 valence electrons. The Bertz CT molecular complexity index is 1010. The molecule has 25 heavy (non-hydrogen) atoms. The van der Waals surface area contributed by atoms with Gasteiger partial charge in [0.2, 0.25) is 0 Å². The van der Waals surface area contributed by atoms with Crippen LogP contribution in [0.15, 0.2) is 48.5 Å². The van der Waals surface area contributed by atoms with Crippen molar-refractivity contribution in [1.29, 1.82) is 0 Å². The Morgan fingerprint density at radius 3 is 2.20 bits per heavy atom. The molecule has 0 bridgehead atoms. The molecule has 0 aliphatic rings. The van der Waals surface area contributed by atoms with E-state index in [2.05, 4.69) is 5.32 Å². The van der Waals surface area contributed by atoms with Gasteiger partial charge in [-0.05, 0) is 29.7 Å². The average molecular weight is 339 g/mol. The van der Waals surface area contributed by atoms with Crippen LogP contribution in [0.4, 0.5) is 11.4 Å². The van der Waals surface area contributed by atoms with E-state index in [-0.39, 0.29) is 28.3 Å². The first-order chi connectivity index (χ1) is 11.9. The monoisotopic (exact) mass is 339 g/mol. The fourth-order valence-corrected chi connectivity index (χ4v) is 2.58. The summed E-state index contributed by atoms with van der Waals surface area (Å²) < 4.78 is 0. The molecule has 0 radical (unpaired) electrons. The second kappa shape index (κ2) is 6.04. The first kappa shape index (κ1) is 16.1. The van der Waals surface area contributed by atoms with Gasteiger partial charge in [0.1, 0.15) is 0 Å². The van der Waals surface area contributed by atoms with E-state index in [1.807, 2.05) is 0 Å². The zero-order chi connectivity index (χ0) is 18.1. The third-order valence-corrected chi connectivity index (χ3v) is 3.75. The Hall–Kier alpha value is -3.74. The molecule has 0 spiro atoms. The lowest BCUT2D eigenvalue weighted by molar-refractivity contribution is 0.0651. The van der Waals surface area contributed by atoms with Crippen LogP contribution >= 0.6 is 0 Å². The molecule has 0 aliphatic carbocycles. The summed E-state index contributed by atoms with van der Waals surface area (Å²) >= 11 is 0. The topological polar surface area (TPSA) is 127 Å². The zero-order valence-corrected chi connectivity index (χ0v) is 12.7. The number of carboxylic acid groups (broad SMARTS) is 2. The van der Waals surface area contributed by atoms with Gasteiger partial charge in [0, 0.05) is 11.1 Å². The number of hydrogen-bond acceptors (Lipinski definition) is 5. The molecule has 0 unspecified atom stereocenters. The Morgan fingerprint density at radius 2 is 1.52 bits per heavy atom. The van der Waals surface area contributed by atoms with Gasteiger partial charge in [-0.25, -0.2) is 9.59 Å². The van der Waals surface area contributed by atoms with Crippen molar-refractivity contribution < 1.29 is 30.0 Å². The molecule has 7 heteroatoms. The second-order valence-electron chi connectivity index (χ2n) is 5.34. The first-order valence-corrected chi connectivity index (χ1v) is 7.20. The zero-order valence-electron chi connectivity index (χ0n) is 12.7. The van der Waals surface area contributed by atoms with Crippen molar-refractivity contribution >= 4 is 34.1 Å². The lowest BCUT2D eigenvalue weighted by atomic mass is 10.0. The molecule has 3 aromatic carbocycles. The van der Waals surface area contributed by atoms with E-state index < -0.39 is 17.7 Å². The number of carbonyl (C=O) groups is 2. The Kier molecular flexibility index (Phi) is 3.90. The number of phenolic OH excluding ortho intramolecular Hbond substituents is 2. The van der Waals surface area contributed by atoms with Crippen LogP contribution in [-0.2, 0) is 0 Å². The second-order valence-corrected chi connectivity index (χ2v) is 5.34. The van der Waals surface area contributed by atoms with Gasteiger partial charge in [-0.3, -0.25) is 0 Å². The fraction of sp³-hybridized carbons (Fsp3) is 0. The molecule has 3 aromatic rings. The highest BCUT2D eigenvalue weighted by Crippen LogP contribution is 2.41. The van der Waals surface area contributed by atoms with Crippen LogP contribution in [0.25, 0.3) is 10.8 Å². The maximum atomic E-state index is 11.3. The minimum atomic E-state index is -1.38. The summed E-state index contributed by atoms with van der Waals surface area (Å²) in [6.07, 6.45) is 0. The Morgan fingerprint density at radius 1 is 0.840 bits per heavy atom. The van der Waals surface area contributed by atoms with Crippen molar-refractivity contribution in [1.82, 2.24) is 0 Å². The number of hydrogen-bond donors (Lipinski definition) is 5. The Balaban J connectivity index is 2.14. The van der Waals surface area contributed by atoms with Crippen molar-refractivity contribution in [2.45, 2.75) is 0 Å². The quantitative estimate of drug-likeness (QED) is 0.461. The molecule has 0 saturated carbocycles. The number of aromatic carboxylic acids is 2. The summed E-state index contributed by atoms with van der Waals surface area (Å²) in [6, 6.07) is 12.1. The maximum absolute atomic E-state index is 11.3. The van der Waals surface area contributed by atoms with Crippen LogP contribution < -0.4 is 5.32 Å². The molecular weight excluding hydrogens is 326 g/mol. The molecule has 0 atom stereocenters. The van der Waals surface area contributed by atoms with E-state index in [0.29, 0.717) is 10.8 Å². The molecule has 0 saturated heterocycles. The standard InChI is InChI=1S/C18H13NO6/c20-14-7-9-3-1-2-4-11(9)15(16(14)21)19-10-5-6-12(17(22)23)13(8-10)18(24)25/h1-8,19-21H,(H,22,23)(H,24,25). The van der Waals surface area contributed by atoms with E-state index in [0.717, 1.165) is 12.1 Å². The van der Waals surface area contributed by atoms with E-state index in [4.69, 9.17) is 5.11 Å². The minimum Gasteiger partial charge on any atom is -0.504 e. The highest BCUT2D eigenvalue weighted by Gasteiger charge is 2.18. The molecule has 0 fully saturated rings. The number of phenols is 2. The number of nitrogens with one attached hydrogen (secondary N) is 1. The SMILES string of the molecule is O=C(O)c1ccc(Nc2c(O)c(O)cc3ccccc23)cc1C(=O)O. The summed E-state index contributed by atoms with van der Waals surface area (Å²) in [6.45, 7) is 0. The molecule has 0 aliphatic heterocycles. The summed E-state index contributed by atoms with van der Waals surface area (Å²) in [5, 5.41) is 42.4. The summed E-state index contributed by atoms with van der Waals surface area (Å²) in [7, 11) is 0. The first-order valence-electron chi connectivity index (χ1n) is 7.20. The van der Waals surface area contributed by atoms with Crippen molar-refractivity contribution in [2.75, 3.05) is 5.32 Å². The van der Waals surface area contributed by atoms with Gasteiger partial charge in [-0.15, -0.1) is 0 Å². The van der Waals surface area contributed by atoms with E-state index in [1.54, 1.807) is 24.3 Å². The highest BCUT2D eigenvalue weighted by atomic mass is 16.4. The predicted molar refractivity (Wildman–Crippen MR) is 90.9 cm³/mol. The largest absolute Gasteiger partial charge is 0.504 e. The van der Waals surface area contributed by atoms with Crippen molar-refractivity contribution in [3.63, 3.8) is 0 Å². The van der Waals surface area contributed by atoms with E-state index >= 15 is 0 Å². The molecule has 0 heterocycles. The number of anilines is 2. The van der Waals surface area contributed by atoms with Gasteiger partial charge in [-0.1, -0.05) is 24.3 Å². The fourth-order valence-electron chi connectivity index (χ4n) is 2.58. The summed E-state index contributed by atoms with van der Waals surface area (Å²) in [5.74, 6) is -3.46. The van der Waals surface area contributed by atoms with Gasteiger partial charge < -0.3 is 25.7 Å².